The molecule has 0 bridgehead atoms. The van der Waals surface area contributed by atoms with Gasteiger partial charge in [-0.25, -0.2) is 4.79 Å². The summed E-state index contributed by atoms with van der Waals surface area (Å²) in [5, 5.41) is 5.59. The van der Waals surface area contributed by atoms with Crippen LogP contribution in [0.15, 0.2) is 30.3 Å². The average Bonchev–Trinajstić information content (AvgIpc) is 2.66. The van der Waals surface area contributed by atoms with Crippen LogP contribution >= 0.6 is 0 Å². The molecule has 0 radical (unpaired) electrons. The van der Waals surface area contributed by atoms with Gasteiger partial charge in [-0.15, -0.1) is 0 Å². The summed E-state index contributed by atoms with van der Waals surface area (Å²) in [5.74, 6) is -0.0864. The first-order chi connectivity index (χ1) is 12.6. The number of hydrogen-bond donors (Lipinski definition) is 3. The van der Waals surface area contributed by atoms with Crippen LogP contribution in [0.25, 0.3) is 0 Å². The van der Waals surface area contributed by atoms with Gasteiger partial charge in [0.15, 0.2) is 0 Å². The lowest BCUT2D eigenvalue weighted by Gasteiger charge is -2.12. The van der Waals surface area contributed by atoms with Crippen LogP contribution in [-0.2, 0) is 16.1 Å². The van der Waals surface area contributed by atoms with Crippen molar-refractivity contribution < 1.29 is 14.3 Å². The van der Waals surface area contributed by atoms with Crippen molar-refractivity contribution in [2.45, 2.75) is 64.5 Å². The number of ether oxygens (including phenoxy) is 1. The maximum absolute atomic E-state index is 11.8. The van der Waals surface area contributed by atoms with E-state index in [9.17, 15) is 9.59 Å². The van der Waals surface area contributed by atoms with E-state index < -0.39 is 12.1 Å². The Balaban J connectivity index is 1.99. The quantitative estimate of drug-likeness (QED) is 0.469. The molecule has 1 atom stereocenters. The van der Waals surface area contributed by atoms with Crippen molar-refractivity contribution in [1.82, 2.24) is 10.6 Å². The minimum atomic E-state index is -0.480. The van der Waals surface area contributed by atoms with E-state index in [4.69, 9.17) is 10.5 Å². The number of hydrogen-bond acceptors (Lipinski definition) is 4. The zero-order valence-corrected chi connectivity index (χ0v) is 15.8. The molecule has 2 amide bonds. The van der Waals surface area contributed by atoms with E-state index in [2.05, 4.69) is 17.6 Å². The first kappa shape index (κ1) is 22.0. The molecule has 0 aliphatic heterocycles. The topological polar surface area (TPSA) is 93.5 Å². The Bertz CT molecular complexity index is 508. The van der Waals surface area contributed by atoms with Gasteiger partial charge in [-0.1, -0.05) is 56.5 Å². The molecule has 1 rings (SSSR count). The van der Waals surface area contributed by atoms with E-state index in [1.54, 1.807) is 0 Å². The molecule has 0 saturated heterocycles. The van der Waals surface area contributed by atoms with E-state index in [1.807, 2.05) is 30.3 Å². The van der Waals surface area contributed by atoms with Gasteiger partial charge in [0.25, 0.3) is 0 Å². The van der Waals surface area contributed by atoms with Gasteiger partial charge in [0, 0.05) is 13.1 Å². The van der Waals surface area contributed by atoms with E-state index in [1.165, 1.54) is 12.8 Å². The van der Waals surface area contributed by atoms with Gasteiger partial charge in [0.1, 0.15) is 6.61 Å². The van der Waals surface area contributed by atoms with Crippen molar-refractivity contribution in [3.05, 3.63) is 35.9 Å². The molecular weight excluding hydrogens is 330 g/mol. The van der Waals surface area contributed by atoms with Crippen molar-refractivity contribution in [1.29, 1.82) is 0 Å². The summed E-state index contributed by atoms with van der Waals surface area (Å²) >= 11 is 0. The molecule has 1 aromatic carbocycles. The molecule has 1 unspecified atom stereocenters. The van der Waals surface area contributed by atoms with Gasteiger partial charge in [-0.2, -0.15) is 0 Å². The second kappa shape index (κ2) is 14.1. The average molecular weight is 364 g/mol. The molecule has 1 aromatic rings. The van der Waals surface area contributed by atoms with E-state index in [-0.39, 0.29) is 12.5 Å². The Morgan fingerprint density at radius 1 is 1.00 bits per heavy atom. The minimum Gasteiger partial charge on any atom is -0.445 e. The fourth-order valence-corrected chi connectivity index (χ4v) is 2.48. The molecule has 0 saturated carbocycles. The van der Waals surface area contributed by atoms with Crippen LogP contribution in [-0.4, -0.2) is 31.1 Å². The van der Waals surface area contributed by atoms with Gasteiger partial charge in [-0.3, -0.25) is 4.79 Å². The van der Waals surface area contributed by atoms with Crippen molar-refractivity contribution in [3.63, 3.8) is 0 Å². The van der Waals surface area contributed by atoms with Crippen molar-refractivity contribution in [2.24, 2.45) is 5.73 Å². The number of amides is 2. The molecular formula is C20H33N3O3. The van der Waals surface area contributed by atoms with Crippen molar-refractivity contribution >= 4 is 12.0 Å². The lowest BCUT2D eigenvalue weighted by atomic mass is 10.1. The largest absolute Gasteiger partial charge is 0.445 e. The molecule has 6 nitrogen and oxygen atoms in total. The third kappa shape index (κ3) is 10.7. The number of nitrogens with two attached hydrogens (primary N) is 1. The predicted octanol–water partition coefficient (Wildman–Crippen LogP) is 3.11. The van der Waals surface area contributed by atoms with Gasteiger partial charge in [-0.05, 0) is 31.2 Å². The highest BCUT2D eigenvalue weighted by Crippen LogP contribution is 2.02. The van der Waals surface area contributed by atoms with Gasteiger partial charge in [0.05, 0.1) is 6.04 Å². The molecule has 0 spiro atoms. The molecule has 0 heterocycles. The summed E-state index contributed by atoms with van der Waals surface area (Å²) < 4.78 is 5.13. The first-order valence-corrected chi connectivity index (χ1v) is 9.61. The second-order valence-corrected chi connectivity index (χ2v) is 6.44. The molecule has 6 heteroatoms. The smallest absolute Gasteiger partial charge is 0.407 e. The number of unbranched alkanes of at least 4 members (excludes halogenated alkanes) is 4. The monoisotopic (exact) mass is 363 g/mol. The van der Waals surface area contributed by atoms with E-state index >= 15 is 0 Å². The molecule has 0 aliphatic rings. The van der Waals surface area contributed by atoms with Gasteiger partial charge < -0.3 is 21.1 Å². The summed E-state index contributed by atoms with van der Waals surface area (Å²) in [4.78, 5) is 23.4. The number of carbonyl (C=O) groups is 2. The molecule has 0 fully saturated rings. The fraction of sp³-hybridized carbons (Fsp3) is 0.600. The van der Waals surface area contributed by atoms with Crippen LogP contribution in [0.5, 0.6) is 0 Å². The minimum absolute atomic E-state index is 0.0864. The van der Waals surface area contributed by atoms with E-state index in [0.717, 1.165) is 31.2 Å². The molecule has 0 aliphatic carbocycles. The summed E-state index contributed by atoms with van der Waals surface area (Å²) in [7, 11) is 0. The number of carbonyl (C=O) groups excluding carboxylic acids is 2. The number of alkyl carbamates (subject to hydrolysis) is 1. The van der Waals surface area contributed by atoms with Crippen LogP contribution in [0, 0.1) is 0 Å². The highest BCUT2D eigenvalue weighted by molar-refractivity contribution is 5.81. The Labute approximate surface area is 156 Å². The van der Waals surface area contributed by atoms with Gasteiger partial charge in [0.2, 0.25) is 5.91 Å². The zero-order chi connectivity index (χ0) is 19.0. The Hall–Kier alpha value is -2.08. The van der Waals surface area contributed by atoms with Crippen LogP contribution < -0.4 is 16.4 Å². The second-order valence-electron chi connectivity index (χ2n) is 6.44. The van der Waals surface area contributed by atoms with Crippen LogP contribution in [0.1, 0.15) is 57.4 Å². The number of rotatable bonds is 13. The Kier molecular flexibility index (Phi) is 11.9. The SMILES string of the molecule is CCCCCCNC(=O)C(N)CCCCNC(=O)OCc1ccccc1. The molecule has 0 aromatic heterocycles. The van der Waals surface area contributed by atoms with Crippen LogP contribution in [0.2, 0.25) is 0 Å². The summed E-state index contributed by atoms with van der Waals surface area (Å²) in [6, 6.07) is 9.06. The summed E-state index contributed by atoms with van der Waals surface area (Å²) in [5.41, 5.74) is 6.84. The maximum Gasteiger partial charge on any atom is 0.407 e. The Morgan fingerprint density at radius 3 is 2.42 bits per heavy atom. The Morgan fingerprint density at radius 2 is 1.69 bits per heavy atom. The number of benzene rings is 1. The summed E-state index contributed by atoms with van der Waals surface area (Å²) in [6.45, 7) is 3.63. The number of nitrogens with one attached hydrogen (secondary N) is 2. The lowest BCUT2D eigenvalue weighted by Crippen LogP contribution is -2.41. The van der Waals surface area contributed by atoms with E-state index in [0.29, 0.717) is 19.5 Å². The predicted molar refractivity (Wildman–Crippen MR) is 104 cm³/mol. The van der Waals surface area contributed by atoms with Gasteiger partial charge >= 0.3 is 6.09 Å². The fourth-order valence-electron chi connectivity index (χ4n) is 2.48. The highest BCUT2D eigenvalue weighted by atomic mass is 16.5. The lowest BCUT2D eigenvalue weighted by molar-refractivity contribution is -0.122. The van der Waals surface area contributed by atoms with Crippen molar-refractivity contribution in [3.8, 4) is 0 Å². The molecule has 146 valence electrons. The third-order valence-electron chi connectivity index (χ3n) is 4.09. The van der Waals surface area contributed by atoms with Crippen molar-refractivity contribution in [2.75, 3.05) is 13.1 Å². The normalized spacial score (nSPS) is 11.6. The molecule has 26 heavy (non-hydrogen) atoms. The first-order valence-electron chi connectivity index (χ1n) is 9.61. The standard InChI is InChI=1S/C20H33N3O3/c1-2-3-4-9-14-22-19(24)18(21)13-8-10-15-23-20(25)26-16-17-11-6-5-7-12-17/h5-7,11-12,18H,2-4,8-10,13-16,21H2,1H3,(H,22,24)(H,23,25). The zero-order valence-electron chi connectivity index (χ0n) is 15.8. The molecule has 4 N–H and O–H groups in total. The maximum atomic E-state index is 11.8. The van der Waals surface area contributed by atoms with Crippen LogP contribution in [0.4, 0.5) is 4.79 Å². The van der Waals surface area contributed by atoms with Crippen LogP contribution in [0.3, 0.4) is 0 Å². The third-order valence-corrected chi connectivity index (χ3v) is 4.09. The summed E-state index contributed by atoms with van der Waals surface area (Å²) in [6.07, 6.45) is 6.25. The highest BCUT2D eigenvalue weighted by Gasteiger charge is 2.12.